The Kier molecular flexibility index (Phi) is 4.55. The molecule has 86 valence electrons. The Morgan fingerprint density at radius 3 is 2.53 bits per heavy atom. The molecule has 5 heteroatoms. The van der Waals surface area contributed by atoms with Gasteiger partial charge in [-0.1, -0.05) is 0 Å². The second-order valence-corrected chi connectivity index (χ2v) is 3.79. The molecule has 1 amide bonds. The molecule has 1 aliphatic heterocycles. The maximum absolute atomic E-state index is 11.1. The molecule has 1 atom stereocenters. The largest absolute Gasteiger partial charge is 0.462 e. The van der Waals surface area contributed by atoms with E-state index in [1.807, 2.05) is 6.92 Å². The lowest BCUT2D eigenvalue weighted by molar-refractivity contribution is -0.152. The van der Waals surface area contributed by atoms with Crippen molar-refractivity contribution in [2.75, 3.05) is 26.7 Å². The lowest BCUT2D eigenvalue weighted by atomic mass is 10.3. The van der Waals surface area contributed by atoms with E-state index in [1.54, 1.807) is 0 Å². The fraction of sp³-hybridized carbons (Fsp3) is 0.800. The smallest absolute Gasteiger partial charge is 0.396 e. The maximum atomic E-state index is 11.1. The van der Waals surface area contributed by atoms with Crippen LogP contribution in [0.4, 0.5) is 0 Å². The third-order valence-electron chi connectivity index (χ3n) is 2.69. The van der Waals surface area contributed by atoms with Crippen LogP contribution in [-0.4, -0.2) is 49.6 Å². The molecular weight excluding hydrogens is 196 g/mol. The van der Waals surface area contributed by atoms with E-state index in [2.05, 4.69) is 15.0 Å². The molecule has 15 heavy (non-hydrogen) atoms. The molecule has 1 heterocycles. The number of hydrogen-bond acceptors (Lipinski definition) is 4. The van der Waals surface area contributed by atoms with Crippen LogP contribution in [0.2, 0.25) is 0 Å². The summed E-state index contributed by atoms with van der Waals surface area (Å²) in [4.78, 5) is 24.2. The average Bonchev–Trinajstić information content (AvgIpc) is 2.77. The first-order valence-electron chi connectivity index (χ1n) is 5.25. The van der Waals surface area contributed by atoms with Gasteiger partial charge in [-0.15, -0.1) is 0 Å². The van der Waals surface area contributed by atoms with E-state index < -0.39 is 11.9 Å². The third kappa shape index (κ3) is 3.51. The van der Waals surface area contributed by atoms with E-state index in [0.29, 0.717) is 6.54 Å². The Morgan fingerprint density at radius 2 is 2.00 bits per heavy atom. The van der Waals surface area contributed by atoms with Crippen molar-refractivity contribution in [1.82, 2.24) is 10.2 Å². The molecule has 0 bridgehead atoms. The summed E-state index contributed by atoms with van der Waals surface area (Å²) in [6.45, 7) is 4.70. The fourth-order valence-electron chi connectivity index (χ4n) is 1.72. The normalized spacial score (nSPS) is 18.5. The van der Waals surface area contributed by atoms with Gasteiger partial charge < -0.3 is 10.1 Å². The summed E-state index contributed by atoms with van der Waals surface area (Å²) in [6, 6.07) is 0.279. The van der Waals surface area contributed by atoms with Crippen LogP contribution in [0.5, 0.6) is 0 Å². The van der Waals surface area contributed by atoms with Gasteiger partial charge in [-0.05, 0) is 32.9 Å². The van der Waals surface area contributed by atoms with Gasteiger partial charge in [-0.3, -0.25) is 9.69 Å². The monoisotopic (exact) mass is 214 g/mol. The highest BCUT2D eigenvalue weighted by molar-refractivity contribution is 6.32. The highest BCUT2D eigenvalue weighted by Crippen LogP contribution is 2.10. The lowest BCUT2D eigenvalue weighted by Gasteiger charge is -2.23. The van der Waals surface area contributed by atoms with Crippen LogP contribution in [0.25, 0.3) is 0 Å². The molecule has 1 N–H and O–H groups in total. The van der Waals surface area contributed by atoms with Crippen LogP contribution >= 0.6 is 0 Å². The van der Waals surface area contributed by atoms with Crippen LogP contribution in [0.15, 0.2) is 0 Å². The summed E-state index contributed by atoms with van der Waals surface area (Å²) < 4.78 is 4.31. The molecular formula is C10H18N2O3. The molecule has 0 aromatic rings. The first-order valence-corrected chi connectivity index (χ1v) is 5.25. The quantitative estimate of drug-likeness (QED) is 0.520. The number of nitrogens with zero attached hydrogens (tertiary/aromatic N) is 1. The first-order chi connectivity index (χ1) is 7.15. The molecule has 0 aliphatic carbocycles. The Balaban J connectivity index is 2.23. The predicted octanol–water partition coefficient (Wildman–Crippen LogP) is -0.240. The Labute approximate surface area is 89.8 Å². The standard InChI is InChI=1S/C10H18N2O3/c1-8(12-5-3-4-6-12)7-11-9(13)10(14)15-2/h8H,3-7H2,1-2H3,(H,11,13). The lowest BCUT2D eigenvalue weighted by Crippen LogP contribution is -2.43. The molecule has 1 aliphatic rings. The summed E-state index contributed by atoms with van der Waals surface area (Å²) in [5.74, 6) is -1.49. The number of hydrogen-bond donors (Lipinski definition) is 1. The molecule has 0 saturated carbocycles. The van der Waals surface area contributed by atoms with Crippen LogP contribution in [0.3, 0.4) is 0 Å². The Bertz CT molecular complexity index is 237. The van der Waals surface area contributed by atoms with Crippen LogP contribution < -0.4 is 5.32 Å². The number of methoxy groups -OCH3 is 1. The summed E-state index contributed by atoms with van der Waals surface area (Å²) in [5.41, 5.74) is 0. The van der Waals surface area contributed by atoms with Gasteiger partial charge in [0.25, 0.3) is 0 Å². The minimum atomic E-state index is -0.830. The van der Waals surface area contributed by atoms with Gasteiger partial charge in [0, 0.05) is 12.6 Å². The molecule has 0 aromatic heterocycles. The van der Waals surface area contributed by atoms with E-state index >= 15 is 0 Å². The molecule has 1 unspecified atom stereocenters. The number of esters is 1. The molecule has 5 nitrogen and oxygen atoms in total. The van der Waals surface area contributed by atoms with Gasteiger partial charge in [0.2, 0.25) is 0 Å². The van der Waals surface area contributed by atoms with Gasteiger partial charge in [0.15, 0.2) is 0 Å². The van der Waals surface area contributed by atoms with E-state index in [-0.39, 0.29) is 6.04 Å². The number of amides is 1. The number of rotatable bonds is 3. The van der Waals surface area contributed by atoms with Crippen molar-refractivity contribution >= 4 is 11.9 Å². The highest BCUT2D eigenvalue weighted by Gasteiger charge is 2.20. The van der Waals surface area contributed by atoms with Gasteiger partial charge in [-0.25, -0.2) is 4.79 Å². The molecule has 0 radical (unpaired) electrons. The fourth-order valence-corrected chi connectivity index (χ4v) is 1.72. The number of carbonyl (C=O) groups is 2. The highest BCUT2D eigenvalue weighted by atomic mass is 16.5. The van der Waals surface area contributed by atoms with Crippen molar-refractivity contribution in [2.24, 2.45) is 0 Å². The Hall–Kier alpha value is -1.10. The average molecular weight is 214 g/mol. The number of nitrogens with one attached hydrogen (secondary N) is 1. The number of ether oxygens (including phenoxy) is 1. The molecule has 0 aromatic carbocycles. The van der Waals surface area contributed by atoms with Crippen LogP contribution in [-0.2, 0) is 14.3 Å². The number of carbonyl (C=O) groups excluding carboxylic acids is 2. The van der Waals surface area contributed by atoms with Crippen molar-refractivity contribution in [3.05, 3.63) is 0 Å². The van der Waals surface area contributed by atoms with Gasteiger partial charge in [-0.2, -0.15) is 0 Å². The van der Waals surface area contributed by atoms with Crippen molar-refractivity contribution in [2.45, 2.75) is 25.8 Å². The van der Waals surface area contributed by atoms with E-state index in [4.69, 9.17) is 0 Å². The minimum Gasteiger partial charge on any atom is -0.462 e. The maximum Gasteiger partial charge on any atom is 0.396 e. The summed E-state index contributed by atoms with van der Waals surface area (Å²) in [5, 5.41) is 2.55. The second-order valence-electron chi connectivity index (χ2n) is 3.79. The van der Waals surface area contributed by atoms with Gasteiger partial charge in [0.1, 0.15) is 0 Å². The van der Waals surface area contributed by atoms with E-state index in [1.165, 1.54) is 20.0 Å². The predicted molar refractivity (Wildman–Crippen MR) is 55.3 cm³/mol. The zero-order valence-electron chi connectivity index (χ0n) is 9.28. The second kappa shape index (κ2) is 5.70. The van der Waals surface area contributed by atoms with Crippen molar-refractivity contribution in [3.8, 4) is 0 Å². The van der Waals surface area contributed by atoms with Gasteiger partial charge in [0.05, 0.1) is 7.11 Å². The van der Waals surface area contributed by atoms with Crippen LogP contribution in [0.1, 0.15) is 19.8 Å². The molecule has 1 saturated heterocycles. The SMILES string of the molecule is COC(=O)C(=O)NCC(C)N1CCCC1. The van der Waals surface area contributed by atoms with Crippen LogP contribution in [0, 0.1) is 0 Å². The minimum absolute atomic E-state index is 0.279. The van der Waals surface area contributed by atoms with Gasteiger partial charge >= 0.3 is 11.9 Å². The van der Waals surface area contributed by atoms with Crippen molar-refractivity contribution in [3.63, 3.8) is 0 Å². The summed E-state index contributed by atoms with van der Waals surface area (Å²) in [7, 11) is 1.20. The zero-order valence-corrected chi connectivity index (χ0v) is 9.28. The third-order valence-corrected chi connectivity index (χ3v) is 2.69. The van der Waals surface area contributed by atoms with Crippen molar-refractivity contribution < 1.29 is 14.3 Å². The van der Waals surface area contributed by atoms with Crippen molar-refractivity contribution in [1.29, 1.82) is 0 Å². The first kappa shape index (κ1) is 12.0. The van der Waals surface area contributed by atoms with E-state index in [0.717, 1.165) is 13.1 Å². The number of likely N-dealkylation sites (tertiary alicyclic amines) is 1. The Morgan fingerprint density at radius 1 is 1.40 bits per heavy atom. The molecule has 0 spiro atoms. The molecule has 1 rings (SSSR count). The van der Waals surface area contributed by atoms with E-state index in [9.17, 15) is 9.59 Å². The summed E-state index contributed by atoms with van der Waals surface area (Å²) in [6.07, 6.45) is 2.44. The zero-order chi connectivity index (χ0) is 11.3. The topological polar surface area (TPSA) is 58.6 Å². The summed E-state index contributed by atoms with van der Waals surface area (Å²) >= 11 is 0. The molecule has 1 fully saturated rings.